The van der Waals surface area contributed by atoms with Crippen molar-refractivity contribution >= 4 is 39.2 Å². The van der Waals surface area contributed by atoms with Gasteiger partial charge in [0.2, 0.25) is 11.9 Å². The minimum atomic E-state index is -0.876. The fraction of sp³-hybridized carbons (Fsp3) is 0.500. The molecule has 6 nitrogen and oxygen atoms in total. The first-order valence-corrected chi connectivity index (χ1v) is 7.75. The molecule has 0 aromatic carbocycles. The van der Waals surface area contributed by atoms with Crippen molar-refractivity contribution in [2.75, 3.05) is 17.2 Å². The predicted octanol–water partition coefficient (Wildman–Crippen LogP) is 2.50. The van der Waals surface area contributed by atoms with Crippen LogP contribution in [0.3, 0.4) is 0 Å². The third kappa shape index (κ3) is 3.41. The van der Waals surface area contributed by atoms with Crippen molar-refractivity contribution in [2.24, 2.45) is 5.73 Å². The van der Waals surface area contributed by atoms with Crippen LogP contribution in [0.25, 0.3) is 10.2 Å². The molecule has 0 saturated carbocycles. The standard InChI is InChI=1S/C14H21N5OS/c1-5-6-16-13-17-10(19-14(3,4)12(15)20)9-7-8(2)21-11(9)18-13/h7H,5-6H2,1-4H3,(H2,15,20)(H2,16,17,18,19). The number of carbonyl (C=O) groups excluding carboxylic acids is 1. The SMILES string of the molecule is CCCNc1nc(NC(C)(C)C(N)=O)c2cc(C)sc2n1. The summed E-state index contributed by atoms with van der Waals surface area (Å²) < 4.78 is 0. The fourth-order valence-electron chi connectivity index (χ4n) is 1.81. The zero-order chi connectivity index (χ0) is 15.6. The zero-order valence-electron chi connectivity index (χ0n) is 12.8. The van der Waals surface area contributed by atoms with Crippen LogP contribution in [0.4, 0.5) is 11.8 Å². The molecular weight excluding hydrogens is 286 g/mol. The third-order valence-electron chi connectivity index (χ3n) is 3.10. The zero-order valence-corrected chi connectivity index (χ0v) is 13.6. The summed E-state index contributed by atoms with van der Waals surface area (Å²) in [5.41, 5.74) is 4.55. The molecule has 0 aliphatic rings. The molecule has 0 bridgehead atoms. The summed E-state index contributed by atoms with van der Waals surface area (Å²) >= 11 is 1.60. The number of nitrogens with one attached hydrogen (secondary N) is 2. The topological polar surface area (TPSA) is 92.9 Å². The van der Waals surface area contributed by atoms with Crippen molar-refractivity contribution in [1.29, 1.82) is 0 Å². The summed E-state index contributed by atoms with van der Waals surface area (Å²) in [6, 6.07) is 2.02. The van der Waals surface area contributed by atoms with Gasteiger partial charge >= 0.3 is 0 Å². The molecule has 2 heterocycles. The van der Waals surface area contributed by atoms with Crippen LogP contribution in [0.1, 0.15) is 32.1 Å². The van der Waals surface area contributed by atoms with Crippen LogP contribution >= 0.6 is 11.3 Å². The summed E-state index contributed by atoms with van der Waals surface area (Å²) in [5, 5.41) is 7.22. The van der Waals surface area contributed by atoms with Crippen molar-refractivity contribution in [3.63, 3.8) is 0 Å². The smallest absolute Gasteiger partial charge is 0.242 e. The van der Waals surface area contributed by atoms with Crippen LogP contribution in [0, 0.1) is 6.92 Å². The fourth-order valence-corrected chi connectivity index (χ4v) is 2.69. The number of rotatable bonds is 6. The number of aromatic nitrogens is 2. The van der Waals surface area contributed by atoms with Gasteiger partial charge in [0.1, 0.15) is 16.2 Å². The highest BCUT2D eigenvalue weighted by atomic mass is 32.1. The van der Waals surface area contributed by atoms with E-state index in [2.05, 4.69) is 27.5 Å². The van der Waals surface area contributed by atoms with Gasteiger partial charge in [-0.3, -0.25) is 4.79 Å². The van der Waals surface area contributed by atoms with Gasteiger partial charge in [-0.05, 0) is 33.3 Å². The first-order chi connectivity index (χ1) is 9.83. The lowest BCUT2D eigenvalue weighted by molar-refractivity contribution is -0.121. The normalized spacial score (nSPS) is 11.6. The molecule has 114 valence electrons. The Morgan fingerprint density at radius 1 is 1.43 bits per heavy atom. The second-order valence-corrected chi connectivity index (χ2v) is 6.75. The number of nitrogens with two attached hydrogens (primary N) is 1. The Labute approximate surface area is 128 Å². The molecule has 0 spiro atoms. The second kappa shape index (κ2) is 5.85. The molecule has 0 unspecified atom stereocenters. The number of aryl methyl sites for hydroxylation is 1. The highest BCUT2D eigenvalue weighted by molar-refractivity contribution is 7.18. The van der Waals surface area contributed by atoms with E-state index in [0.29, 0.717) is 11.8 Å². The highest BCUT2D eigenvalue weighted by Crippen LogP contribution is 2.31. The Balaban J connectivity index is 2.46. The average molecular weight is 307 g/mol. The molecule has 2 aromatic rings. The van der Waals surface area contributed by atoms with Gasteiger partial charge in [0.05, 0.1) is 5.39 Å². The van der Waals surface area contributed by atoms with Crippen molar-refractivity contribution in [3.8, 4) is 0 Å². The lowest BCUT2D eigenvalue weighted by atomic mass is 10.1. The number of fused-ring (bicyclic) bond motifs is 1. The van der Waals surface area contributed by atoms with Crippen molar-refractivity contribution in [1.82, 2.24) is 9.97 Å². The minimum Gasteiger partial charge on any atom is -0.368 e. The average Bonchev–Trinajstić information content (AvgIpc) is 2.76. The first kappa shape index (κ1) is 15.5. The van der Waals surface area contributed by atoms with Crippen LogP contribution in [-0.2, 0) is 4.79 Å². The Hall–Kier alpha value is -1.89. The largest absolute Gasteiger partial charge is 0.368 e. The number of carbonyl (C=O) groups is 1. The number of nitrogens with zero attached hydrogens (tertiary/aromatic N) is 2. The molecule has 0 aliphatic carbocycles. The van der Waals surface area contributed by atoms with E-state index in [4.69, 9.17) is 5.73 Å². The quantitative estimate of drug-likeness (QED) is 0.762. The Bertz CT molecular complexity index is 665. The molecule has 2 aromatic heterocycles. The van der Waals surface area contributed by atoms with Crippen molar-refractivity contribution in [3.05, 3.63) is 10.9 Å². The third-order valence-corrected chi connectivity index (χ3v) is 4.04. The summed E-state index contributed by atoms with van der Waals surface area (Å²) in [6.07, 6.45) is 0.987. The van der Waals surface area contributed by atoms with E-state index in [0.717, 1.165) is 28.1 Å². The van der Waals surface area contributed by atoms with Gasteiger partial charge in [-0.2, -0.15) is 4.98 Å². The van der Waals surface area contributed by atoms with E-state index in [1.165, 1.54) is 0 Å². The minimum absolute atomic E-state index is 0.427. The summed E-state index contributed by atoms with van der Waals surface area (Å²) in [7, 11) is 0. The van der Waals surface area contributed by atoms with Gasteiger partial charge in [0, 0.05) is 11.4 Å². The number of hydrogen-bond donors (Lipinski definition) is 3. The molecule has 0 radical (unpaired) electrons. The van der Waals surface area contributed by atoms with E-state index < -0.39 is 11.4 Å². The maximum atomic E-state index is 11.5. The lowest BCUT2D eigenvalue weighted by Gasteiger charge is -2.23. The van der Waals surface area contributed by atoms with Crippen LogP contribution in [-0.4, -0.2) is 28.0 Å². The van der Waals surface area contributed by atoms with E-state index in [-0.39, 0.29) is 0 Å². The number of anilines is 2. The Kier molecular flexibility index (Phi) is 4.32. The number of amides is 1. The highest BCUT2D eigenvalue weighted by Gasteiger charge is 2.26. The molecule has 4 N–H and O–H groups in total. The predicted molar refractivity (Wildman–Crippen MR) is 87.8 cm³/mol. The Morgan fingerprint density at radius 2 is 2.14 bits per heavy atom. The van der Waals surface area contributed by atoms with E-state index in [1.807, 2.05) is 13.0 Å². The molecule has 1 amide bonds. The van der Waals surface area contributed by atoms with Crippen LogP contribution in [0.5, 0.6) is 0 Å². The summed E-state index contributed by atoms with van der Waals surface area (Å²) in [4.78, 5) is 22.6. The number of primary amides is 1. The molecule has 0 saturated heterocycles. The molecule has 2 rings (SSSR count). The monoisotopic (exact) mass is 307 g/mol. The van der Waals surface area contributed by atoms with Gasteiger partial charge in [0.15, 0.2) is 0 Å². The van der Waals surface area contributed by atoms with E-state index >= 15 is 0 Å². The maximum Gasteiger partial charge on any atom is 0.242 e. The Morgan fingerprint density at radius 3 is 2.76 bits per heavy atom. The number of thiophene rings is 1. The van der Waals surface area contributed by atoms with E-state index in [9.17, 15) is 4.79 Å². The second-order valence-electron chi connectivity index (χ2n) is 5.51. The molecule has 0 atom stereocenters. The molecular formula is C14H21N5OS. The van der Waals surface area contributed by atoms with Gasteiger partial charge < -0.3 is 16.4 Å². The molecule has 0 fully saturated rings. The number of hydrogen-bond acceptors (Lipinski definition) is 6. The van der Waals surface area contributed by atoms with Crippen LogP contribution in [0.2, 0.25) is 0 Å². The lowest BCUT2D eigenvalue weighted by Crippen LogP contribution is -2.45. The van der Waals surface area contributed by atoms with Crippen molar-refractivity contribution < 1.29 is 4.79 Å². The molecule has 21 heavy (non-hydrogen) atoms. The van der Waals surface area contributed by atoms with Gasteiger partial charge in [-0.15, -0.1) is 11.3 Å². The van der Waals surface area contributed by atoms with Crippen molar-refractivity contribution in [2.45, 2.75) is 39.7 Å². The van der Waals surface area contributed by atoms with Gasteiger partial charge in [-0.1, -0.05) is 6.92 Å². The van der Waals surface area contributed by atoms with Crippen LogP contribution < -0.4 is 16.4 Å². The molecule has 7 heteroatoms. The van der Waals surface area contributed by atoms with Crippen LogP contribution in [0.15, 0.2) is 6.07 Å². The summed E-state index contributed by atoms with van der Waals surface area (Å²) in [6.45, 7) is 8.38. The van der Waals surface area contributed by atoms with Gasteiger partial charge in [-0.25, -0.2) is 4.98 Å². The summed E-state index contributed by atoms with van der Waals surface area (Å²) in [5.74, 6) is 0.769. The first-order valence-electron chi connectivity index (χ1n) is 6.93. The maximum absolute atomic E-state index is 11.5. The van der Waals surface area contributed by atoms with Gasteiger partial charge in [0.25, 0.3) is 0 Å². The molecule has 0 aliphatic heterocycles. The van der Waals surface area contributed by atoms with E-state index in [1.54, 1.807) is 25.2 Å².